The Labute approximate surface area is 244 Å². The van der Waals surface area contributed by atoms with Crippen LogP contribution < -0.4 is 4.74 Å². The number of ether oxygens (including phenoxy) is 2. The number of thiophene rings is 1. The highest BCUT2D eigenvalue weighted by molar-refractivity contribution is 7.94. The van der Waals surface area contributed by atoms with Gasteiger partial charge in [0.05, 0.1) is 13.7 Å². The first kappa shape index (κ1) is 30.2. The molecule has 0 saturated carbocycles. The molecule has 0 aliphatic heterocycles. The van der Waals surface area contributed by atoms with Crippen LogP contribution in [0.5, 0.6) is 5.88 Å². The Bertz CT molecular complexity index is 1590. The second-order valence-electron chi connectivity index (χ2n) is 9.59. The Morgan fingerprint density at radius 3 is 2.39 bits per heavy atom. The summed E-state index contributed by atoms with van der Waals surface area (Å²) >= 11 is 1.21. The van der Waals surface area contributed by atoms with E-state index in [0.29, 0.717) is 30.0 Å². The Kier molecular flexibility index (Phi) is 10.1. The normalized spacial score (nSPS) is 11.4. The van der Waals surface area contributed by atoms with Crippen LogP contribution in [0.2, 0.25) is 0 Å². The number of benzene rings is 2. The molecular formula is C31H34N2O6S2. The average molecular weight is 595 g/mol. The molecule has 0 unspecified atom stereocenters. The van der Waals surface area contributed by atoms with E-state index < -0.39 is 21.6 Å². The maximum atomic E-state index is 13.3. The van der Waals surface area contributed by atoms with Crippen LogP contribution in [-0.2, 0) is 32.3 Å². The first-order valence-electron chi connectivity index (χ1n) is 13.6. The van der Waals surface area contributed by atoms with E-state index >= 15 is 0 Å². The topological polar surface area (TPSA) is 105 Å². The number of methoxy groups -OCH3 is 1. The lowest BCUT2D eigenvalue weighted by Crippen LogP contribution is -2.19. The molecule has 2 aromatic heterocycles. The van der Waals surface area contributed by atoms with E-state index in [1.165, 1.54) is 18.4 Å². The van der Waals surface area contributed by atoms with Crippen molar-refractivity contribution in [2.45, 2.75) is 50.3 Å². The Balaban J connectivity index is 1.65. The highest BCUT2D eigenvalue weighted by atomic mass is 32.2. The van der Waals surface area contributed by atoms with E-state index in [1.54, 1.807) is 4.57 Å². The monoisotopic (exact) mass is 594 g/mol. The standard InChI is InChI=1S/C31H34N2O6S2/c1-4-6-17-39-28(35)21-41(36,37)31-26(18-25(40-31)10-5-2)23-15-13-22(14-16-23)19-33-27(20-34)30(38-3)32-29(33)24-11-8-7-9-12-24/h7-9,11-16,18,20H,4-6,10,17,19,21H2,1-3H3. The summed E-state index contributed by atoms with van der Waals surface area (Å²) < 4.78 is 39.1. The molecule has 2 aromatic carbocycles. The largest absolute Gasteiger partial charge is 0.479 e. The van der Waals surface area contributed by atoms with Crippen molar-refractivity contribution in [3.05, 3.63) is 76.8 Å². The van der Waals surface area contributed by atoms with E-state index in [2.05, 4.69) is 4.98 Å². The van der Waals surface area contributed by atoms with Gasteiger partial charge in [-0.15, -0.1) is 11.3 Å². The second-order valence-corrected chi connectivity index (χ2v) is 12.9. The number of aldehydes is 1. The Hall–Kier alpha value is -3.76. The van der Waals surface area contributed by atoms with Crippen LogP contribution >= 0.6 is 11.3 Å². The minimum absolute atomic E-state index is 0.176. The van der Waals surface area contributed by atoms with Crippen LogP contribution in [-0.4, -0.2) is 49.7 Å². The highest BCUT2D eigenvalue weighted by Gasteiger charge is 2.27. The summed E-state index contributed by atoms with van der Waals surface area (Å²) in [5.74, 6) is -0.566. The summed E-state index contributed by atoms with van der Waals surface area (Å²) in [5, 5.41) is 0. The number of aromatic nitrogens is 2. The predicted octanol–water partition coefficient (Wildman–Crippen LogP) is 6.22. The summed E-state index contributed by atoms with van der Waals surface area (Å²) in [6.45, 7) is 4.58. The van der Waals surface area contributed by atoms with Crippen molar-refractivity contribution < 1.29 is 27.5 Å². The van der Waals surface area contributed by atoms with Crippen LogP contribution in [0.4, 0.5) is 0 Å². The molecule has 41 heavy (non-hydrogen) atoms. The van der Waals surface area contributed by atoms with Gasteiger partial charge in [0.1, 0.15) is 15.7 Å². The third-order valence-electron chi connectivity index (χ3n) is 6.51. The number of hydrogen-bond acceptors (Lipinski definition) is 8. The number of nitrogens with zero attached hydrogens (tertiary/aromatic N) is 2. The van der Waals surface area contributed by atoms with Gasteiger partial charge in [-0.05, 0) is 30.0 Å². The zero-order valence-corrected chi connectivity index (χ0v) is 25.1. The minimum Gasteiger partial charge on any atom is -0.479 e. The van der Waals surface area contributed by atoms with Gasteiger partial charge in [0.2, 0.25) is 5.88 Å². The van der Waals surface area contributed by atoms with E-state index in [9.17, 15) is 18.0 Å². The third kappa shape index (κ3) is 7.12. The van der Waals surface area contributed by atoms with Crippen molar-refractivity contribution in [3.8, 4) is 28.4 Å². The molecule has 216 valence electrons. The molecule has 0 amide bonds. The van der Waals surface area contributed by atoms with Gasteiger partial charge in [-0.2, -0.15) is 4.98 Å². The predicted molar refractivity (Wildman–Crippen MR) is 160 cm³/mol. The fourth-order valence-electron chi connectivity index (χ4n) is 4.47. The van der Waals surface area contributed by atoms with Crippen molar-refractivity contribution in [1.82, 2.24) is 9.55 Å². The number of hydrogen-bond donors (Lipinski definition) is 0. The van der Waals surface area contributed by atoms with Crippen LogP contribution in [0.3, 0.4) is 0 Å². The number of carbonyl (C=O) groups is 2. The fourth-order valence-corrected chi connectivity index (χ4v) is 7.52. The van der Waals surface area contributed by atoms with Crippen LogP contribution in [0.1, 0.15) is 54.0 Å². The number of sulfone groups is 1. The van der Waals surface area contributed by atoms with Crippen molar-refractivity contribution in [1.29, 1.82) is 0 Å². The lowest BCUT2D eigenvalue weighted by Gasteiger charge is -2.11. The SMILES string of the molecule is CCCCOC(=O)CS(=O)(=O)c1sc(CCC)cc1-c1ccc(Cn2c(-c3ccccc3)nc(OC)c2C=O)cc1. The summed E-state index contributed by atoms with van der Waals surface area (Å²) in [6.07, 6.45) is 3.89. The summed E-state index contributed by atoms with van der Waals surface area (Å²) in [6, 6.07) is 19.0. The highest BCUT2D eigenvalue weighted by Crippen LogP contribution is 2.37. The zero-order chi connectivity index (χ0) is 29.4. The number of unbranched alkanes of at least 4 members (excludes halogenated alkanes) is 1. The van der Waals surface area contributed by atoms with Crippen LogP contribution in [0, 0.1) is 0 Å². The van der Waals surface area contributed by atoms with Gasteiger partial charge in [0, 0.05) is 22.5 Å². The summed E-state index contributed by atoms with van der Waals surface area (Å²) in [4.78, 5) is 29.7. The lowest BCUT2D eigenvalue weighted by molar-refractivity contribution is -0.140. The maximum absolute atomic E-state index is 13.3. The van der Waals surface area contributed by atoms with Gasteiger partial charge in [-0.25, -0.2) is 8.42 Å². The second kappa shape index (κ2) is 13.7. The molecule has 0 radical (unpaired) electrons. The molecule has 0 atom stereocenters. The number of carbonyl (C=O) groups excluding carboxylic acids is 2. The third-order valence-corrected chi connectivity index (χ3v) is 9.91. The van der Waals surface area contributed by atoms with E-state index in [0.717, 1.165) is 47.1 Å². The number of esters is 1. The molecule has 0 bridgehead atoms. The van der Waals surface area contributed by atoms with Crippen molar-refractivity contribution >= 4 is 33.4 Å². The molecular weight excluding hydrogens is 560 g/mol. The lowest BCUT2D eigenvalue weighted by atomic mass is 10.1. The molecule has 0 N–H and O–H groups in total. The van der Waals surface area contributed by atoms with Crippen molar-refractivity contribution in [2.24, 2.45) is 0 Å². The first-order valence-corrected chi connectivity index (χ1v) is 16.0. The molecule has 0 aliphatic rings. The van der Waals surface area contributed by atoms with Crippen LogP contribution in [0.25, 0.3) is 22.5 Å². The van der Waals surface area contributed by atoms with Gasteiger partial charge in [-0.3, -0.25) is 9.59 Å². The molecule has 8 nitrogen and oxygen atoms in total. The number of aryl methyl sites for hydroxylation is 1. The molecule has 0 fully saturated rings. The van der Waals surface area contributed by atoms with Crippen molar-refractivity contribution in [3.63, 3.8) is 0 Å². The average Bonchev–Trinajstić information content (AvgIpc) is 3.56. The number of imidazole rings is 1. The van der Waals surface area contributed by atoms with Crippen LogP contribution in [0.15, 0.2) is 64.9 Å². The molecule has 0 aliphatic carbocycles. The Morgan fingerprint density at radius 2 is 1.76 bits per heavy atom. The molecule has 4 aromatic rings. The molecule has 0 saturated heterocycles. The molecule has 10 heteroatoms. The van der Waals surface area contributed by atoms with Gasteiger partial charge in [-0.1, -0.05) is 81.3 Å². The molecule has 4 rings (SSSR count). The van der Waals surface area contributed by atoms with Gasteiger partial charge in [0.25, 0.3) is 0 Å². The first-order chi connectivity index (χ1) is 19.8. The summed E-state index contributed by atoms with van der Waals surface area (Å²) in [5.41, 5.74) is 3.38. The smallest absolute Gasteiger partial charge is 0.321 e. The van der Waals surface area contributed by atoms with Gasteiger partial charge in [0.15, 0.2) is 21.9 Å². The molecule has 0 spiro atoms. The van der Waals surface area contributed by atoms with E-state index in [-0.39, 0.29) is 16.7 Å². The summed E-state index contributed by atoms with van der Waals surface area (Å²) in [7, 11) is -2.42. The minimum atomic E-state index is -3.90. The van der Waals surface area contributed by atoms with E-state index in [4.69, 9.17) is 9.47 Å². The molecule has 2 heterocycles. The van der Waals surface area contributed by atoms with Gasteiger partial charge < -0.3 is 14.0 Å². The van der Waals surface area contributed by atoms with Crippen molar-refractivity contribution in [2.75, 3.05) is 19.5 Å². The maximum Gasteiger partial charge on any atom is 0.321 e. The quantitative estimate of drug-likeness (QED) is 0.0970. The number of rotatable bonds is 14. The fraction of sp³-hybridized carbons (Fsp3) is 0.323. The Morgan fingerprint density at radius 1 is 1.02 bits per heavy atom. The van der Waals surface area contributed by atoms with E-state index in [1.807, 2.05) is 74.5 Å². The van der Waals surface area contributed by atoms with Gasteiger partial charge >= 0.3 is 5.97 Å². The zero-order valence-electron chi connectivity index (χ0n) is 23.5.